The van der Waals surface area contributed by atoms with Gasteiger partial charge in [-0.15, -0.1) is 0 Å². The van der Waals surface area contributed by atoms with Crippen LogP contribution in [0.5, 0.6) is 0 Å². The highest BCUT2D eigenvalue weighted by Crippen LogP contribution is 2.14. The summed E-state index contributed by atoms with van der Waals surface area (Å²) in [6.07, 6.45) is 11.6. The van der Waals surface area contributed by atoms with Crippen molar-refractivity contribution in [3.05, 3.63) is 46.6 Å². The van der Waals surface area contributed by atoms with Gasteiger partial charge in [0, 0.05) is 6.92 Å². The summed E-state index contributed by atoms with van der Waals surface area (Å²) in [5.41, 5.74) is 4.36. The van der Waals surface area contributed by atoms with Gasteiger partial charge in [-0.25, -0.2) is 0 Å². The van der Waals surface area contributed by atoms with Crippen molar-refractivity contribution >= 4 is 5.97 Å². The molecule has 0 unspecified atom stereocenters. The molecule has 0 bridgehead atoms. The van der Waals surface area contributed by atoms with Crippen LogP contribution in [0, 0.1) is 0 Å². The smallest absolute Gasteiger partial charge is 0.302 e. The summed E-state index contributed by atoms with van der Waals surface area (Å²) >= 11 is 0. The van der Waals surface area contributed by atoms with E-state index in [-0.39, 0.29) is 12.6 Å². The monoisotopic (exact) mass is 364 g/mol. The standard InChI is InChI=1S/C22H36O4/c1-17(2)12-13-22(25)19(4)9-7-11-21(16-23)10-6-8-18(3)14-15-26-20(5)24/h9-10,12,14,22-23,25H,6-8,11,13,15-16H2,1-5H3/b18-14+,19-9+,21-10-/t22-/m1/s1. The molecule has 0 aliphatic rings. The van der Waals surface area contributed by atoms with E-state index in [0.717, 1.165) is 42.4 Å². The second-order valence-electron chi connectivity index (χ2n) is 6.93. The molecule has 0 aromatic rings. The van der Waals surface area contributed by atoms with E-state index in [1.807, 2.05) is 39.8 Å². The van der Waals surface area contributed by atoms with Gasteiger partial charge in [-0.05, 0) is 77.0 Å². The summed E-state index contributed by atoms with van der Waals surface area (Å²) in [6, 6.07) is 0. The predicted octanol–water partition coefficient (Wildman–Crippen LogP) is 4.64. The minimum absolute atomic E-state index is 0.0589. The Kier molecular flexibility index (Phi) is 13.6. The van der Waals surface area contributed by atoms with Gasteiger partial charge in [0.15, 0.2) is 0 Å². The minimum atomic E-state index is -0.434. The first-order chi connectivity index (χ1) is 12.3. The Balaban J connectivity index is 4.32. The number of allylic oxidation sites excluding steroid dienone is 4. The topological polar surface area (TPSA) is 66.8 Å². The molecule has 26 heavy (non-hydrogen) atoms. The molecule has 0 amide bonds. The fourth-order valence-corrected chi connectivity index (χ4v) is 2.31. The highest BCUT2D eigenvalue weighted by molar-refractivity contribution is 5.66. The van der Waals surface area contributed by atoms with Crippen LogP contribution in [0.15, 0.2) is 46.6 Å². The van der Waals surface area contributed by atoms with E-state index in [2.05, 4.69) is 12.2 Å². The fraction of sp³-hybridized carbons (Fsp3) is 0.591. The van der Waals surface area contributed by atoms with E-state index >= 15 is 0 Å². The second-order valence-corrected chi connectivity index (χ2v) is 6.93. The molecule has 0 heterocycles. The molecule has 0 rings (SSSR count). The predicted molar refractivity (Wildman–Crippen MR) is 108 cm³/mol. The zero-order chi connectivity index (χ0) is 19.9. The average Bonchev–Trinajstić information content (AvgIpc) is 2.57. The molecule has 2 N–H and O–H groups in total. The van der Waals surface area contributed by atoms with E-state index in [4.69, 9.17) is 4.74 Å². The lowest BCUT2D eigenvalue weighted by molar-refractivity contribution is -0.139. The lowest BCUT2D eigenvalue weighted by Gasteiger charge is -2.10. The Hall–Kier alpha value is -1.65. The largest absolute Gasteiger partial charge is 0.462 e. The van der Waals surface area contributed by atoms with Gasteiger partial charge in [-0.2, -0.15) is 0 Å². The van der Waals surface area contributed by atoms with Crippen LogP contribution in [0.3, 0.4) is 0 Å². The van der Waals surface area contributed by atoms with Gasteiger partial charge >= 0.3 is 5.97 Å². The highest BCUT2D eigenvalue weighted by Gasteiger charge is 2.04. The van der Waals surface area contributed by atoms with Gasteiger partial charge in [0.25, 0.3) is 0 Å². The van der Waals surface area contributed by atoms with Crippen molar-refractivity contribution in [3.63, 3.8) is 0 Å². The lowest BCUT2D eigenvalue weighted by atomic mass is 10.0. The quantitative estimate of drug-likeness (QED) is 0.391. The maximum atomic E-state index is 10.7. The van der Waals surface area contributed by atoms with Crippen molar-refractivity contribution in [2.24, 2.45) is 0 Å². The van der Waals surface area contributed by atoms with Gasteiger partial charge in [-0.1, -0.05) is 29.4 Å². The summed E-state index contributed by atoms with van der Waals surface area (Å²) in [5.74, 6) is -0.272. The lowest BCUT2D eigenvalue weighted by Crippen LogP contribution is -2.06. The molecule has 0 spiro atoms. The molecular formula is C22H36O4. The molecule has 0 aromatic heterocycles. The number of hydrogen-bond donors (Lipinski definition) is 2. The van der Waals surface area contributed by atoms with Crippen LogP contribution in [-0.2, 0) is 9.53 Å². The van der Waals surface area contributed by atoms with Crippen LogP contribution < -0.4 is 0 Å². The van der Waals surface area contributed by atoms with E-state index in [1.165, 1.54) is 12.5 Å². The summed E-state index contributed by atoms with van der Waals surface area (Å²) in [7, 11) is 0. The van der Waals surface area contributed by atoms with Crippen molar-refractivity contribution in [1.29, 1.82) is 0 Å². The van der Waals surface area contributed by atoms with Crippen LogP contribution in [0.1, 0.15) is 66.7 Å². The van der Waals surface area contributed by atoms with Crippen LogP contribution in [0.4, 0.5) is 0 Å². The first-order valence-corrected chi connectivity index (χ1v) is 9.32. The molecule has 0 saturated carbocycles. The van der Waals surface area contributed by atoms with Gasteiger partial charge in [0.1, 0.15) is 6.61 Å². The SMILES string of the molecule is CC(=O)OC/C=C(\C)CC/C=C(\CO)CC/C=C(\C)[C@H](O)CC=C(C)C. The number of ether oxygens (including phenoxy) is 1. The Morgan fingerprint density at radius 3 is 2.19 bits per heavy atom. The molecule has 4 nitrogen and oxygen atoms in total. The van der Waals surface area contributed by atoms with Crippen LogP contribution in [0.25, 0.3) is 0 Å². The van der Waals surface area contributed by atoms with Crippen molar-refractivity contribution in [3.8, 4) is 0 Å². The maximum absolute atomic E-state index is 10.7. The number of esters is 1. The Bertz CT molecular complexity index is 534. The van der Waals surface area contributed by atoms with Crippen LogP contribution in [-0.4, -0.2) is 35.5 Å². The van der Waals surface area contributed by atoms with E-state index < -0.39 is 6.10 Å². The first kappa shape index (κ1) is 24.4. The van der Waals surface area contributed by atoms with Gasteiger partial charge in [-0.3, -0.25) is 4.79 Å². The molecule has 0 aliphatic heterocycles. The molecule has 0 fully saturated rings. The summed E-state index contributed by atoms with van der Waals surface area (Å²) in [5, 5.41) is 19.6. The normalized spacial score (nSPS) is 14.2. The van der Waals surface area contributed by atoms with E-state index in [1.54, 1.807) is 0 Å². The number of aliphatic hydroxyl groups excluding tert-OH is 2. The Morgan fingerprint density at radius 1 is 0.962 bits per heavy atom. The van der Waals surface area contributed by atoms with Gasteiger partial charge in [0.2, 0.25) is 0 Å². The third-order valence-corrected chi connectivity index (χ3v) is 4.10. The molecular weight excluding hydrogens is 328 g/mol. The summed E-state index contributed by atoms with van der Waals surface area (Å²) in [6.45, 7) is 9.78. The zero-order valence-electron chi connectivity index (χ0n) is 17.0. The molecule has 0 radical (unpaired) electrons. The van der Waals surface area contributed by atoms with Crippen molar-refractivity contribution in [2.75, 3.05) is 13.2 Å². The summed E-state index contributed by atoms with van der Waals surface area (Å²) < 4.78 is 4.89. The number of carbonyl (C=O) groups excluding carboxylic acids is 1. The molecule has 0 aliphatic carbocycles. The molecule has 4 heteroatoms. The molecule has 1 atom stereocenters. The molecule has 0 aromatic carbocycles. The second kappa shape index (κ2) is 14.5. The number of carbonyl (C=O) groups is 1. The Morgan fingerprint density at radius 2 is 1.62 bits per heavy atom. The maximum Gasteiger partial charge on any atom is 0.302 e. The fourth-order valence-electron chi connectivity index (χ4n) is 2.31. The first-order valence-electron chi connectivity index (χ1n) is 9.32. The number of hydrogen-bond acceptors (Lipinski definition) is 4. The molecule has 0 saturated heterocycles. The van der Waals surface area contributed by atoms with E-state index in [9.17, 15) is 15.0 Å². The van der Waals surface area contributed by atoms with Gasteiger partial charge < -0.3 is 14.9 Å². The highest BCUT2D eigenvalue weighted by atomic mass is 16.5. The van der Waals surface area contributed by atoms with Gasteiger partial charge in [0.05, 0.1) is 12.7 Å². The number of aliphatic hydroxyl groups is 2. The molecule has 148 valence electrons. The van der Waals surface area contributed by atoms with Crippen LogP contribution >= 0.6 is 0 Å². The third kappa shape index (κ3) is 13.6. The number of rotatable bonds is 12. The third-order valence-electron chi connectivity index (χ3n) is 4.10. The average molecular weight is 365 g/mol. The minimum Gasteiger partial charge on any atom is -0.462 e. The summed E-state index contributed by atoms with van der Waals surface area (Å²) in [4.78, 5) is 10.7. The van der Waals surface area contributed by atoms with Crippen molar-refractivity contribution in [1.82, 2.24) is 0 Å². The van der Waals surface area contributed by atoms with Crippen molar-refractivity contribution in [2.45, 2.75) is 72.8 Å². The van der Waals surface area contributed by atoms with Crippen molar-refractivity contribution < 1.29 is 19.7 Å². The van der Waals surface area contributed by atoms with E-state index in [0.29, 0.717) is 13.0 Å². The van der Waals surface area contributed by atoms with Crippen LogP contribution in [0.2, 0.25) is 0 Å². The zero-order valence-corrected chi connectivity index (χ0v) is 17.0. The Labute approximate surface area is 159 Å².